The smallest absolute Gasteiger partial charge is 0.335 e. The first-order valence-corrected chi connectivity index (χ1v) is 8.62. The predicted octanol–water partition coefficient (Wildman–Crippen LogP) is -0.682. The lowest BCUT2D eigenvalue weighted by molar-refractivity contribution is -0.462. The van der Waals surface area contributed by atoms with E-state index in [4.69, 9.17) is 19.7 Å². The quantitative estimate of drug-likeness (QED) is 0.317. The topological polar surface area (TPSA) is 110 Å². The highest BCUT2D eigenvalue weighted by Crippen LogP contribution is 2.27. The standard InChI is InChI=1S/C9H22O6Si/c1-5-6-7(15-16(2,3)4)8(10,11)9(12,13)14/h7,10-14H,5-6H2,1-4H3. The maximum absolute atomic E-state index is 9.51. The Labute approximate surface area is 96.2 Å². The van der Waals surface area contributed by atoms with E-state index in [-0.39, 0.29) is 6.42 Å². The van der Waals surface area contributed by atoms with Crippen LogP contribution in [0.4, 0.5) is 0 Å². The van der Waals surface area contributed by atoms with Crippen molar-refractivity contribution in [2.75, 3.05) is 0 Å². The van der Waals surface area contributed by atoms with Crippen LogP contribution < -0.4 is 0 Å². The van der Waals surface area contributed by atoms with Crippen LogP contribution in [-0.2, 0) is 4.43 Å². The molecule has 1 atom stereocenters. The lowest BCUT2D eigenvalue weighted by Crippen LogP contribution is -2.63. The molecule has 0 aliphatic heterocycles. The van der Waals surface area contributed by atoms with Gasteiger partial charge in [-0.2, -0.15) is 0 Å². The molecule has 0 saturated carbocycles. The van der Waals surface area contributed by atoms with Gasteiger partial charge in [0, 0.05) is 0 Å². The molecule has 0 spiro atoms. The van der Waals surface area contributed by atoms with Gasteiger partial charge >= 0.3 is 5.97 Å². The number of hydrogen-bond donors (Lipinski definition) is 5. The molecule has 0 radical (unpaired) electrons. The van der Waals surface area contributed by atoms with Crippen molar-refractivity contribution in [1.82, 2.24) is 0 Å². The third-order valence-corrected chi connectivity index (χ3v) is 2.98. The Kier molecular flexibility index (Phi) is 5.08. The zero-order valence-corrected chi connectivity index (χ0v) is 11.1. The molecular formula is C9H22O6Si. The first-order chi connectivity index (χ1) is 6.92. The highest BCUT2D eigenvalue weighted by molar-refractivity contribution is 6.69. The molecule has 0 aliphatic rings. The molecule has 0 aromatic heterocycles. The summed E-state index contributed by atoms with van der Waals surface area (Å²) in [4.78, 5) is 0. The summed E-state index contributed by atoms with van der Waals surface area (Å²) in [7, 11) is -2.10. The zero-order chi connectivity index (χ0) is 13.2. The molecule has 0 aromatic carbocycles. The Morgan fingerprint density at radius 3 is 1.75 bits per heavy atom. The van der Waals surface area contributed by atoms with Gasteiger partial charge in [0.1, 0.15) is 6.10 Å². The van der Waals surface area contributed by atoms with Gasteiger partial charge in [-0.05, 0) is 26.1 Å². The molecule has 1 unspecified atom stereocenters. The van der Waals surface area contributed by atoms with Crippen LogP contribution in [0.2, 0.25) is 19.6 Å². The Hall–Kier alpha value is -0.0231. The van der Waals surface area contributed by atoms with Gasteiger partial charge in [-0.3, -0.25) is 0 Å². The second-order valence-corrected chi connectivity index (χ2v) is 9.33. The maximum Gasteiger partial charge on any atom is 0.335 e. The van der Waals surface area contributed by atoms with Crippen LogP contribution in [0, 0.1) is 0 Å². The fourth-order valence-corrected chi connectivity index (χ4v) is 2.38. The summed E-state index contributed by atoms with van der Waals surface area (Å²) >= 11 is 0. The second-order valence-electron chi connectivity index (χ2n) is 4.87. The van der Waals surface area contributed by atoms with Gasteiger partial charge in [0.25, 0.3) is 5.79 Å². The zero-order valence-electron chi connectivity index (χ0n) is 10.1. The van der Waals surface area contributed by atoms with Gasteiger partial charge in [0.15, 0.2) is 8.32 Å². The van der Waals surface area contributed by atoms with E-state index in [9.17, 15) is 10.2 Å². The lowest BCUT2D eigenvalue weighted by Gasteiger charge is -2.39. The van der Waals surface area contributed by atoms with Crippen LogP contribution in [0.3, 0.4) is 0 Å². The van der Waals surface area contributed by atoms with Crippen LogP contribution in [0.25, 0.3) is 0 Å². The molecule has 0 saturated heterocycles. The minimum Gasteiger partial charge on any atom is -0.409 e. The fraction of sp³-hybridized carbons (Fsp3) is 1.00. The molecule has 0 aromatic rings. The Bertz CT molecular complexity index is 217. The van der Waals surface area contributed by atoms with Crippen LogP contribution >= 0.6 is 0 Å². The van der Waals surface area contributed by atoms with Crippen molar-refractivity contribution in [3.8, 4) is 0 Å². The Morgan fingerprint density at radius 1 is 1.06 bits per heavy atom. The van der Waals surface area contributed by atoms with E-state index >= 15 is 0 Å². The van der Waals surface area contributed by atoms with Crippen molar-refractivity contribution in [1.29, 1.82) is 0 Å². The summed E-state index contributed by atoms with van der Waals surface area (Å²) in [6, 6.07) is 0. The molecule has 98 valence electrons. The van der Waals surface area contributed by atoms with E-state index < -0.39 is 26.2 Å². The number of rotatable bonds is 6. The molecule has 5 N–H and O–H groups in total. The molecule has 0 amide bonds. The molecule has 7 heteroatoms. The SMILES string of the molecule is CCCC(O[Si](C)(C)C)C(O)(O)C(O)(O)O. The predicted molar refractivity (Wildman–Crippen MR) is 59.7 cm³/mol. The third kappa shape index (κ3) is 4.46. The Morgan fingerprint density at radius 2 is 1.50 bits per heavy atom. The summed E-state index contributed by atoms with van der Waals surface area (Å²) in [5.41, 5.74) is 0. The highest BCUT2D eigenvalue weighted by atomic mass is 28.4. The number of aliphatic hydroxyl groups is 5. The molecule has 16 heavy (non-hydrogen) atoms. The van der Waals surface area contributed by atoms with Gasteiger partial charge in [-0.1, -0.05) is 13.3 Å². The normalized spacial score (nSPS) is 16.3. The molecule has 0 heterocycles. The van der Waals surface area contributed by atoms with E-state index in [1.165, 1.54) is 0 Å². The average molecular weight is 254 g/mol. The second kappa shape index (κ2) is 5.09. The van der Waals surface area contributed by atoms with Gasteiger partial charge in [-0.25, -0.2) is 0 Å². The lowest BCUT2D eigenvalue weighted by atomic mass is 10.0. The summed E-state index contributed by atoms with van der Waals surface area (Å²) in [6.45, 7) is 7.24. The molecular weight excluding hydrogens is 232 g/mol. The molecule has 0 aliphatic carbocycles. The van der Waals surface area contributed by atoms with Crippen molar-refractivity contribution < 1.29 is 30.0 Å². The first-order valence-electron chi connectivity index (χ1n) is 5.21. The van der Waals surface area contributed by atoms with Crippen molar-refractivity contribution >= 4 is 8.32 Å². The minimum absolute atomic E-state index is 0.195. The van der Waals surface area contributed by atoms with Gasteiger partial charge in [0.2, 0.25) is 0 Å². The maximum atomic E-state index is 9.51. The first kappa shape index (κ1) is 16.0. The largest absolute Gasteiger partial charge is 0.409 e. The fourth-order valence-electron chi connectivity index (χ4n) is 1.25. The minimum atomic E-state index is -3.60. The van der Waals surface area contributed by atoms with E-state index in [1.54, 1.807) is 6.92 Å². The molecule has 0 bridgehead atoms. The number of hydrogen-bond acceptors (Lipinski definition) is 6. The summed E-state index contributed by atoms with van der Waals surface area (Å²) in [6.07, 6.45) is -0.501. The Balaban J connectivity index is 4.91. The van der Waals surface area contributed by atoms with Gasteiger partial charge in [-0.15, -0.1) is 0 Å². The van der Waals surface area contributed by atoms with Crippen LogP contribution in [0.1, 0.15) is 19.8 Å². The average Bonchev–Trinajstić information content (AvgIpc) is 1.98. The monoisotopic (exact) mass is 254 g/mol. The summed E-state index contributed by atoms with van der Waals surface area (Å²) < 4.78 is 5.43. The van der Waals surface area contributed by atoms with Crippen molar-refractivity contribution in [3.63, 3.8) is 0 Å². The molecule has 0 rings (SSSR count). The van der Waals surface area contributed by atoms with Crippen molar-refractivity contribution in [2.45, 2.75) is 57.3 Å². The third-order valence-electron chi connectivity index (χ3n) is 1.99. The van der Waals surface area contributed by atoms with E-state index in [0.29, 0.717) is 6.42 Å². The van der Waals surface area contributed by atoms with Crippen LogP contribution in [0.15, 0.2) is 0 Å². The molecule has 0 fully saturated rings. The van der Waals surface area contributed by atoms with Crippen LogP contribution in [0.5, 0.6) is 0 Å². The van der Waals surface area contributed by atoms with Crippen molar-refractivity contribution in [2.24, 2.45) is 0 Å². The molecule has 6 nitrogen and oxygen atoms in total. The van der Waals surface area contributed by atoms with Crippen LogP contribution in [-0.4, -0.2) is 51.7 Å². The van der Waals surface area contributed by atoms with Crippen molar-refractivity contribution in [3.05, 3.63) is 0 Å². The summed E-state index contributed by atoms with van der Waals surface area (Å²) in [5, 5.41) is 45.7. The van der Waals surface area contributed by atoms with E-state index in [0.717, 1.165) is 0 Å². The van der Waals surface area contributed by atoms with Gasteiger partial charge < -0.3 is 30.0 Å². The highest BCUT2D eigenvalue weighted by Gasteiger charge is 2.53. The van der Waals surface area contributed by atoms with E-state index in [1.807, 2.05) is 19.6 Å². The van der Waals surface area contributed by atoms with E-state index in [2.05, 4.69) is 0 Å². The summed E-state index contributed by atoms with van der Waals surface area (Å²) in [5.74, 6) is -6.71. The van der Waals surface area contributed by atoms with Gasteiger partial charge in [0.05, 0.1) is 0 Å².